The third-order valence-corrected chi connectivity index (χ3v) is 4.39. The van der Waals surface area contributed by atoms with E-state index in [9.17, 15) is 0 Å². The molecule has 0 unspecified atom stereocenters. The number of anilines is 1. The molecule has 2 aromatic rings. The Balaban J connectivity index is 2.07. The van der Waals surface area contributed by atoms with Crippen molar-refractivity contribution in [3.05, 3.63) is 15.5 Å². The zero-order chi connectivity index (χ0) is 12.5. The van der Waals surface area contributed by atoms with Gasteiger partial charge in [-0.25, -0.2) is 9.97 Å². The second kappa shape index (κ2) is 4.79. The molecule has 0 radical (unpaired) electrons. The number of nitrogens with zero attached hydrogens (tertiary/aromatic N) is 4. The van der Waals surface area contributed by atoms with E-state index < -0.39 is 0 Å². The predicted molar refractivity (Wildman–Crippen MR) is 75.7 cm³/mol. The summed E-state index contributed by atoms with van der Waals surface area (Å²) in [6.45, 7) is 0. The van der Waals surface area contributed by atoms with Crippen molar-refractivity contribution < 1.29 is 0 Å². The van der Waals surface area contributed by atoms with E-state index in [-0.39, 0.29) is 0 Å². The van der Waals surface area contributed by atoms with Gasteiger partial charge in [-0.1, -0.05) is 12.8 Å². The van der Waals surface area contributed by atoms with Crippen molar-refractivity contribution in [3.8, 4) is 11.5 Å². The van der Waals surface area contributed by atoms with Crippen LogP contribution in [0.5, 0.6) is 0 Å². The first kappa shape index (κ1) is 11.8. The van der Waals surface area contributed by atoms with E-state index in [1.165, 1.54) is 25.7 Å². The van der Waals surface area contributed by atoms with Gasteiger partial charge in [0.15, 0.2) is 5.82 Å². The number of hydrogen-bond donors (Lipinski definition) is 2. The number of halogens is 1. The Morgan fingerprint density at radius 1 is 1.28 bits per heavy atom. The minimum absolute atomic E-state index is 0.507. The molecule has 0 aromatic carbocycles. The fourth-order valence-electron chi connectivity index (χ4n) is 2.38. The largest absolute Gasteiger partial charge is 0.383 e. The van der Waals surface area contributed by atoms with E-state index in [2.05, 4.69) is 48.0 Å². The molecule has 0 aliphatic heterocycles. The zero-order valence-corrected chi connectivity index (χ0v) is 11.9. The van der Waals surface area contributed by atoms with Gasteiger partial charge in [0, 0.05) is 5.92 Å². The van der Waals surface area contributed by atoms with Crippen LogP contribution in [0, 0.1) is 3.57 Å². The lowest BCUT2D eigenvalue weighted by Gasteiger charge is -2.13. The standard InChI is InChI=1S/C11H13IN6/c12-8-9(6-3-1-2-4-6)15-11(16-10(8)13)7-5-14-18-17-7/h5-6H,1-4H2,(H2,13,15,16)(H,14,17,18). The van der Waals surface area contributed by atoms with Crippen molar-refractivity contribution in [1.82, 2.24) is 25.4 Å². The number of nitrogens with two attached hydrogens (primary N) is 1. The van der Waals surface area contributed by atoms with Gasteiger partial charge in [-0.2, -0.15) is 15.4 Å². The zero-order valence-electron chi connectivity index (χ0n) is 9.73. The van der Waals surface area contributed by atoms with Gasteiger partial charge in [0.25, 0.3) is 0 Å². The fourth-order valence-corrected chi connectivity index (χ4v) is 3.06. The average Bonchev–Trinajstić information content (AvgIpc) is 3.03. The van der Waals surface area contributed by atoms with Crippen molar-refractivity contribution in [2.75, 3.05) is 5.73 Å². The smallest absolute Gasteiger partial charge is 0.184 e. The van der Waals surface area contributed by atoms with E-state index in [1.807, 2.05) is 0 Å². The number of aromatic amines is 1. The molecule has 1 fully saturated rings. The molecule has 3 N–H and O–H groups in total. The number of hydrogen-bond acceptors (Lipinski definition) is 5. The van der Waals surface area contributed by atoms with Gasteiger partial charge < -0.3 is 5.73 Å². The highest BCUT2D eigenvalue weighted by Crippen LogP contribution is 2.37. The maximum atomic E-state index is 5.98. The summed E-state index contributed by atoms with van der Waals surface area (Å²) >= 11 is 2.24. The molecule has 6 nitrogen and oxygen atoms in total. The molecule has 0 bridgehead atoms. The SMILES string of the molecule is Nc1nc(-c2cn[nH]n2)nc(C2CCCC2)c1I. The lowest BCUT2D eigenvalue weighted by Crippen LogP contribution is -2.08. The van der Waals surface area contributed by atoms with Gasteiger partial charge in [-0.05, 0) is 35.4 Å². The summed E-state index contributed by atoms with van der Waals surface area (Å²) in [4.78, 5) is 8.92. The third kappa shape index (κ3) is 2.06. The second-order valence-electron chi connectivity index (χ2n) is 4.47. The summed E-state index contributed by atoms with van der Waals surface area (Å²) < 4.78 is 0.978. The van der Waals surface area contributed by atoms with Gasteiger partial charge >= 0.3 is 0 Å². The third-order valence-electron chi connectivity index (χ3n) is 3.29. The number of rotatable bonds is 2. The van der Waals surface area contributed by atoms with Gasteiger partial charge in [0.05, 0.1) is 15.5 Å². The second-order valence-corrected chi connectivity index (χ2v) is 5.55. The molecule has 0 saturated heterocycles. The van der Waals surface area contributed by atoms with Gasteiger partial charge in [0.2, 0.25) is 0 Å². The van der Waals surface area contributed by atoms with Crippen LogP contribution in [0.1, 0.15) is 37.3 Å². The number of H-pyrrole nitrogens is 1. The Morgan fingerprint density at radius 2 is 2.06 bits per heavy atom. The first-order valence-corrected chi connectivity index (χ1v) is 7.02. The maximum absolute atomic E-state index is 5.98. The highest BCUT2D eigenvalue weighted by molar-refractivity contribution is 14.1. The van der Waals surface area contributed by atoms with Crippen LogP contribution >= 0.6 is 22.6 Å². The number of aromatic nitrogens is 5. The van der Waals surface area contributed by atoms with Crippen LogP contribution in [0.3, 0.4) is 0 Å². The van der Waals surface area contributed by atoms with E-state index >= 15 is 0 Å². The summed E-state index contributed by atoms with van der Waals surface area (Å²) in [6, 6.07) is 0. The van der Waals surface area contributed by atoms with Crippen LogP contribution in [-0.2, 0) is 0 Å². The normalized spacial score (nSPS) is 16.3. The van der Waals surface area contributed by atoms with Crippen LogP contribution in [-0.4, -0.2) is 25.4 Å². The summed E-state index contributed by atoms with van der Waals surface area (Å²) in [5.41, 5.74) is 7.68. The summed E-state index contributed by atoms with van der Waals surface area (Å²) in [5.74, 6) is 1.60. The minimum Gasteiger partial charge on any atom is -0.383 e. The van der Waals surface area contributed by atoms with E-state index in [0.717, 1.165) is 9.26 Å². The first-order valence-electron chi connectivity index (χ1n) is 5.94. The Kier molecular flexibility index (Phi) is 3.14. The lowest BCUT2D eigenvalue weighted by atomic mass is 10.0. The molecular weight excluding hydrogens is 343 g/mol. The molecule has 3 rings (SSSR count). The summed E-state index contributed by atoms with van der Waals surface area (Å²) in [7, 11) is 0. The minimum atomic E-state index is 0.507. The van der Waals surface area contributed by atoms with E-state index in [1.54, 1.807) is 6.20 Å². The Morgan fingerprint density at radius 3 is 2.72 bits per heavy atom. The number of nitrogens with one attached hydrogen (secondary N) is 1. The topological polar surface area (TPSA) is 93.4 Å². The van der Waals surface area contributed by atoms with Crippen molar-refractivity contribution in [1.29, 1.82) is 0 Å². The molecule has 0 amide bonds. The summed E-state index contributed by atoms with van der Waals surface area (Å²) in [5, 5.41) is 10.4. The molecule has 1 aliphatic rings. The predicted octanol–water partition coefficient (Wildman–Crippen LogP) is 2.11. The first-order chi connectivity index (χ1) is 8.75. The molecule has 2 heterocycles. The Labute approximate surface area is 118 Å². The molecule has 94 valence electrons. The van der Waals surface area contributed by atoms with Crippen LogP contribution in [0.25, 0.3) is 11.5 Å². The maximum Gasteiger partial charge on any atom is 0.184 e. The Bertz CT molecular complexity index is 547. The van der Waals surface area contributed by atoms with Crippen LogP contribution in [0.2, 0.25) is 0 Å². The average molecular weight is 356 g/mol. The molecule has 1 aliphatic carbocycles. The Hall–Kier alpha value is -1.25. The van der Waals surface area contributed by atoms with Crippen LogP contribution in [0.15, 0.2) is 6.20 Å². The van der Waals surface area contributed by atoms with Crippen molar-refractivity contribution in [2.45, 2.75) is 31.6 Å². The van der Waals surface area contributed by atoms with E-state index in [0.29, 0.717) is 23.3 Å². The molecule has 1 saturated carbocycles. The molecule has 0 atom stereocenters. The van der Waals surface area contributed by atoms with Crippen LogP contribution < -0.4 is 5.73 Å². The van der Waals surface area contributed by atoms with Crippen molar-refractivity contribution in [2.24, 2.45) is 0 Å². The monoisotopic (exact) mass is 356 g/mol. The van der Waals surface area contributed by atoms with Crippen molar-refractivity contribution >= 4 is 28.4 Å². The molecular formula is C11H13IN6. The highest BCUT2D eigenvalue weighted by atomic mass is 127. The lowest BCUT2D eigenvalue weighted by molar-refractivity contribution is 0.691. The molecule has 2 aromatic heterocycles. The van der Waals surface area contributed by atoms with Gasteiger partial charge in [-0.3, -0.25) is 0 Å². The van der Waals surface area contributed by atoms with Crippen molar-refractivity contribution in [3.63, 3.8) is 0 Å². The number of nitrogen functional groups attached to an aromatic ring is 1. The van der Waals surface area contributed by atoms with Gasteiger partial charge in [0.1, 0.15) is 11.5 Å². The van der Waals surface area contributed by atoms with E-state index in [4.69, 9.17) is 5.73 Å². The van der Waals surface area contributed by atoms with Crippen LogP contribution in [0.4, 0.5) is 5.82 Å². The molecule has 0 spiro atoms. The van der Waals surface area contributed by atoms with Gasteiger partial charge in [-0.15, -0.1) is 0 Å². The molecule has 18 heavy (non-hydrogen) atoms. The quantitative estimate of drug-likeness (QED) is 0.804. The fraction of sp³-hybridized carbons (Fsp3) is 0.455. The highest BCUT2D eigenvalue weighted by Gasteiger charge is 2.23. The molecule has 7 heteroatoms. The summed E-state index contributed by atoms with van der Waals surface area (Å²) in [6.07, 6.45) is 6.52.